The zero-order valence-corrected chi connectivity index (χ0v) is 13.5. The van der Waals surface area contributed by atoms with Crippen molar-refractivity contribution in [1.29, 1.82) is 0 Å². The van der Waals surface area contributed by atoms with Crippen LogP contribution in [0.15, 0.2) is 30.3 Å². The molecule has 1 amide bonds. The zero-order valence-electron chi connectivity index (χ0n) is 13.5. The monoisotopic (exact) mass is 305 g/mol. The third-order valence-corrected chi connectivity index (χ3v) is 3.05. The number of para-hydroxylation sites is 1. The summed E-state index contributed by atoms with van der Waals surface area (Å²) in [5.74, 6) is -0.148. The van der Waals surface area contributed by atoms with Crippen LogP contribution in [-0.4, -0.2) is 31.6 Å². The lowest BCUT2D eigenvalue weighted by Crippen LogP contribution is -2.44. The summed E-state index contributed by atoms with van der Waals surface area (Å²) in [5.41, 5.74) is 0.804. The van der Waals surface area contributed by atoms with E-state index in [0.717, 1.165) is 5.56 Å². The molecule has 1 rings (SSSR count). The Bertz CT molecular complexity index is 537. The highest BCUT2D eigenvalue weighted by Crippen LogP contribution is 2.19. The van der Waals surface area contributed by atoms with Crippen molar-refractivity contribution in [2.24, 2.45) is 5.92 Å². The normalized spacial score (nSPS) is 12.2. The van der Waals surface area contributed by atoms with Crippen LogP contribution in [-0.2, 0) is 14.3 Å². The van der Waals surface area contributed by atoms with E-state index in [1.807, 2.05) is 45.0 Å². The van der Waals surface area contributed by atoms with E-state index in [1.165, 1.54) is 13.2 Å². The molecule has 120 valence electrons. The lowest BCUT2D eigenvalue weighted by Gasteiger charge is -2.18. The highest BCUT2D eigenvalue weighted by atomic mass is 16.5. The fourth-order valence-corrected chi connectivity index (χ4v) is 1.90. The molecule has 5 heteroatoms. The molecule has 0 spiro atoms. The lowest BCUT2D eigenvalue weighted by molar-refractivity contribution is -0.145. The van der Waals surface area contributed by atoms with Gasteiger partial charge in [0.05, 0.1) is 13.7 Å². The van der Waals surface area contributed by atoms with E-state index < -0.39 is 12.0 Å². The number of benzene rings is 1. The lowest BCUT2D eigenvalue weighted by atomic mass is 10.0. The molecule has 0 aliphatic heterocycles. The molecular weight excluding hydrogens is 282 g/mol. The second-order valence-corrected chi connectivity index (χ2v) is 5.06. The Morgan fingerprint density at radius 2 is 1.95 bits per heavy atom. The van der Waals surface area contributed by atoms with Crippen LogP contribution in [0.4, 0.5) is 0 Å². The minimum Gasteiger partial charge on any atom is -0.493 e. The number of amides is 1. The maximum atomic E-state index is 12.0. The Hall–Kier alpha value is -2.30. The molecule has 22 heavy (non-hydrogen) atoms. The Labute approximate surface area is 131 Å². The van der Waals surface area contributed by atoms with Gasteiger partial charge in [-0.25, -0.2) is 4.79 Å². The summed E-state index contributed by atoms with van der Waals surface area (Å²) in [6.45, 7) is 6.14. The quantitative estimate of drug-likeness (QED) is 0.620. The van der Waals surface area contributed by atoms with Crippen molar-refractivity contribution in [3.63, 3.8) is 0 Å². The van der Waals surface area contributed by atoms with Gasteiger partial charge in [0.2, 0.25) is 5.91 Å². The zero-order chi connectivity index (χ0) is 16.5. The van der Waals surface area contributed by atoms with E-state index in [2.05, 4.69) is 5.32 Å². The molecule has 0 aliphatic carbocycles. The third kappa shape index (κ3) is 5.24. The number of carbonyl (C=O) groups excluding carboxylic acids is 2. The van der Waals surface area contributed by atoms with Gasteiger partial charge < -0.3 is 14.8 Å². The molecule has 0 heterocycles. The van der Waals surface area contributed by atoms with Crippen molar-refractivity contribution >= 4 is 18.0 Å². The first-order valence-corrected chi connectivity index (χ1v) is 7.27. The molecular formula is C17H23NO4. The van der Waals surface area contributed by atoms with Gasteiger partial charge in [-0.05, 0) is 25.0 Å². The Morgan fingerprint density at radius 3 is 2.55 bits per heavy atom. The van der Waals surface area contributed by atoms with Gasteiger partial charge in [-0.2, -0.15) is 0 Å². The maximum Gasteiger partial charge on any atom is 0.328 e. The molecule has 0 saturated heterocycles. The summed E-state index contributed by atoms with van der Waals surface area (Å²) in [6, 6.07) is 6.77. The standard InChI is InChI=1S/C17H23NO4/c1-5-22-14-9-7-6-8-13(14)10-11-15(19)18-16(12(2)3)17(20)21-4/h6-12,16H,5H2,1-4H3,(H,18,19)/t16-/m0/s1. The second-order valence-electron chi connectivity index (χ2n) is 5.06. The van der Waals surface area contributed by atoms with E-state index in [4.69, 9.17) is 9.47 Å². The molecule has 0 bridgehead atoms. The van der Waals surface area contributed by atoms with Gasteiger partial charge in [0, 0.05) is 11.6 Å². The molecule has 0 aromatic heterocycles. The number of rotatable bonds is 7. The molecule has 1 N–H and O–H groups in total. The van der Waals surface area contributed by atoms with Crippen LogP contribution in [0.5, 0.6) is 5.75 Å². The maximum absolute atomic E-state index is 12.0. The van der Waals surface area contributed by atoms with E-state index in [-0.39, 0.29) is 11.8 Å². The number of hydrogen-bond acceptors (Lipinski definition) is 4. The van der Waals surface area contributed by atoms with Crippen LogP contribution >= 0.6 is 0 Å². The number of esters is 1. The van der Waals surface area contributed by atoms with E-state index in [9.17, 15) is 9.59 Å². The van der Waals surface area contributed by atoms with E-state index in [1.54, 1.807) is 6.08 Å². The summed E-state index contributed by atoms with van der Waals surface area (Å²) >= 11 is 0. The topological polar surface area (TPSA) is 64.6 Å². The number of methoxy groups -OCH3 is 1. The summed E-state index contributed by atoms with van der Waals surface area (Å²) in [6.07, 6.45) is 3.05. The second kappa shape index (κ2) is 8.87. The van der Waals surface area contributed by atoms with Crippen LogP contribution in [0.25, 0.3) is 6.08 Å². The predicted molar refractivity (Wildman–Crippen MR) is 85.4 cm³/mol. The molecule has 0 radical (unpaired) electrons. The Kier molecular flexibility index (Phi) is 7.16. The van der Waals surface area contributed by atoms with Gasteiger partial charge in [-0.3, -0.25) is 4.79 Å². The number of carbonyl (C=O) groups is 2. The third-order valence-electron chi connectivity index (χ3n) is 3.05. The van der Waals surface area contributed by atoms with Crippen molar-refractivity contribution in [2.75, 3.05) is 13.7 Å². The molecule has 1 atom stereocenters. The largest absolute Gasteiger partial charge is 0.493 e. The molecule has 1 aromatic carbocycles. The van der Waals surface area contributed by atoms with Gasteiger partial charge in [-0.1, -0.05) is 32.0 Å². The SMILES string of the molecule is CCOc1ccccc1C=CC(=O)N[C@H](C(=O)OC)C(C)C. The smallest absolute Gasteiger partial charge is 0.328 e. The number of ether oxygens (including phenoxy) is 2. The molecule has 0 fully saturated rings. The van der Waals surface area contributed by atoms with Crippen LogP contribution < -0.4 is 10.1 Å². The van der Waals surface area contributed by atoms with Gasteiger partial charge >= 0.3 is 5.97 Å². The summed E-state index contributed by atoms with van der Waals surface area (Å²) < 4.78 is 10.2. The minimum atomic E-state index is -0.663. The highest BCUT2D eigenvalue weighted by Gasteiger charge is 2.23. The first-order chi connectivity index (χ1) is 10.5. The summed E-state index contributed by atoms with van der Waals surface area (Å²) in [7, 11) is 1.30. The first kappa shape index (κ1) is 17.8. The fourth-order valence-electron chi connectivity index (χ4n) is 1.90. The van der Waals surface area contributed by atoms with Crippen molar-refractivity contribution in [3.8, 4) is 5.75 Å². The molecule has 0 aliphatic rings. The van der Waals surface area contributed by atoms with Gasteiger partial charge in [-0.15, -0.1) is 0 Å². The Morgan fingerprint density at radius 1 is 1.27 bits per heavy atom. The average Bonchev–Trinajstić information content (AvgIpc) is 2.51. The van der Waals surface area contributed by atoms with Gasteiger partial charge in [0.15, 0.2) is 0 Å². The summed E-state index contributed by atoms with van der Waals surface area (Å²) in [4.78, 5) is 23.6. The van der Waals surface area contributed by atoms with Crippen molar-refractivity contribution in [1.82, 2.24) is 5.32 Å². The van der Waals surface area contributed by atoms with Crippen LogP contribution in [0, 0.1) is 5.92 Å². The number of hydrogen-bond donors (Lipinski definition) is 1. The molecule has 1 aromatic rings. The summed E-state index contributed by atoms with van der Waals surface area (Å²) in [5, 5.41) is 2.65. The van der Waals surface area contributed by atoms with Crippen LogP contribution in [0.2, 0.25) is 0 Å². The van der Waals surface area contributed by atoms with Crippen molar-refractivity contribution in [3.05, 3.63) is 35.9 Å². The van der Waals surface area contributed by atoms with E-state index in [0.29, 0.717) is 12.4 Å². The van der Waals surface area contributed by atoms with Gasteiger partial charge in [0.1, 0.15) is 11.8 Å². The number of nitrogens with one attached hydrogen (secondary N) is 1. The Balaban J connectivity index is 2.77. The van der Waals surface area contributed by atoms with Crippen molar-refractivity contribution < 1.29 is 19.1 Å². The highest BCUT2D eigenvalue weighted by molar-refractivity contribution is 5.94. The first-order valence-electron chi connectivity index (χ1n) is 7.27. The molecule has 0 unspecified atom stereocenters. The predicted octanol–water partition coefficient (Wildman–Crippen LogP) is 2.41. The van der Waals surface area contributed by atoms with Gasteiger partial charge in [0.25, 0.3) is 0 Å². The fraction of sp³-hybridized carbons (Fsp3) is 0.412. The van der Waals surface area contributed by atoms with Crippen LogP contribution in [0.3, 0.4) is 0 Å². The molecule has 0 saturated carbocycles. The minimum absolute atomic E-state index is 0.0551. The van der Waals surface area contributed by atoms with Crippen molar-refractivity contribution in [2.45, 2.75) is 26.8 Å². The van der Waals surface area contributed by atoms with Crippen LogP contribution in [0.1, 0.15) is 26.3 Å². The molecule has 5 nitrogen and oxygen atoms in total. The van der Waals surface area contributed by atoms with E-state index >= 15 is 0 Å². The average molecular weight is 305 g/mol.